The van der Waals surface area contributed by atoms with Gasteiger partial charge in [0.2, 0.25) is 0 Å². The molecule has 1 aliphatic rings. The zero-order valence-corrected chi connectivity index (χ0v) is 12.7. The molecule has 1 unspecified atom stereocenters. The molecule has 1 fully saturated rings. The Morgan fingerprint density at radius 2 is 2.25 bits per heavy atom. The third-order valence-electron chi connectivity index (χ3n) is 3.87. The summed E-state index contributed by atoms with van der Waals surface area (Å²) < 4.78 is 0. The number of amides is 1. The van der Waals surface area contributed by atoms with E-state index in [1.165, 1.54) is 6.20 Å². The van der Waals surface area contributed by atoms with Gasteiger partial charge in [-0.2, -0.15) is 0 Å². The van der Waals surface area contributed by atoms with Crippen LogP contribution in [0.1, 0.15) is 30.6 Å². The molecule has 2 N–H and O–H groups in total. The molecule has 1 saturated heterocycles. The van der Waals surface area contributed by atoms with Crippen LogP contribution in [0.2, 0.25) is 5.15 Å². The molecule has 20 heavy (non-hydrogen) atoms. The van der Waals surface area contributed by atoms with Crippen LogP contribution in [0.5, 0.6) is 0 Å². The summed E-state index contributed by atoms with van der Waals surface area (Å²) in [5, 5.41) is 0.218. The minimum absolute atomic E-state index is 0.0792. The maximum atomic E-state index is 12.5. The average Bonchev–Trinajstić information content (AvgIpc) is 2.92. The molecule has 5 nitrogen and oxygen atoms in total. The fourth-order valence-electron chi connectivity index (χ4n) is 2.75. The largest absolute Gasteiger partial charge is 0.397 e. The Hall–Kier alpha value is -1.33. The molecule has 2 rings (SSSR count). The number of likely N-dealkylation sites (N-methyl/N-ethyl adjacent to an activating group) is 1. The van der Waals surface area contributed by atoms with Crippen molar-refractivity contribution >= 4 is 23.2 Å². The summed E-state index contributed by atoms with van der Waals surface area (Å²) in [7, 11) is 0. The summed E-state index contributed by atoms with van der Waals surface area (Å²) in [5.41, 5.74) is 6.53. The van der Waals surface area contributed by atoms with E-state index in [9.17, 15) is 4.79 Å². The third-order valence-corrected chi connectivity index (χ3v) is 4.17. The lowest BCUT2D eigenvalue weighted by Gasteiger charge is -2.26. The van der Waals surface area contributed by atoms with E-state index < -0.39 is 0 Å². The van der Waals surface area contributed by atoms with E-state index in [4.69, 9.17) is 17.3 Å². The normalized spacial score (nSPS) is 18.8. The second-order valence-corrected chi connectivity index (χ2v) is 5.38. The second-order valence-electron chi connectivity index (χ2n) is 5.02. The van der Waals surface area contributed by atoms with Gasteiger partial charge in [0.25, 0.3) is 5.91 Å². The number of anilines is 1. The number of likely N-dealkylation sites (tertiary alicyclic amines) is 1. The summed E-state index contributed by atoms with van der Waals surface area (Å²) >= 11 is 6.00. The van der Waals surface area contributed by atoms with Crippen molar-refractivity contribution in [3.63, 3.8) is 0 Å². The van der Waals surface area contributed by atoms with E-state index in [1.807, 2.05) is 4.90 Å². The van der Waals surface area contributed by atoms with E-state index in [1.54, 1.807) is 6.07 Å². The minimum Gasteiger partial charge on any atom is -0.397 e. The van der Waals surface area contributed by atoms with Crippen molar-refractivity contribution in [1.82, 2.24) is 14.8 Å². The summed E-state index contributed by atoms with van der Waals surface area (Å²) in [4.78, 5) is 20.7. The highest BCUT2D eigenvalue weighted by molar-refractivity contribution is 6.32. The highest BCUT2D eigenvalue weighted by atomic mass is 35.5. The van der Waals surface area contributed by atoms with Gasteiger partial charge in [-0.3, -0.25) is 9.69 Å². The molecule has 110 valence electrons. The maximum Gasteiger partial charge on any atom is 0.257 e. The Kier molecular flexibility index (Phi) is 4.83. The molecule has 2 heterocycles. The standard InChI is InChI=1S/C14H21ClN4O/c1-3-18(4-2)11-5-6-19(9-11)14(20)12-7-10(16)8-17-13(12)15/h7-8,11H,3-6,9,16H2,1-2H3. The number of nitrogens with two attached hydrogens (primary N) is 1. The first kappa shape index (κ1) is 15.1. The van der Waals surface area contributed by atoms with Crippen molar-refractivity contribution < 1.29 is 4.79 Å². The van der Waals surface area contributed by atoms with Crippen molar-refractivity contribution in [2.24, 2.45) is 0 Å². The van der Waals surface area contributed by atoms with Gasteiger partial charge in [0, 0.05) is 19.1 Å². The van der Waals surface area contributed by atoms with Crippen molar-refractivity contribution in [3.8, 4) is 0 Å². The summed E-state index contributed by atoms with van der Waals surface area (Å²) in [6.45, 7) is 7.80. The van der Waals surface area contributed by atoms with E-state index in [2.05, 4.69) is 23.7 Å². The zero-order valence-electron chi connectivity index (χ0n) is 12.0. The van der Waals surface area contributed by atoms with Gasteiger partial charge in [-0.15, -0.1) is 0 Å². The Labute approximate surface area is 124 Å². The van der Waals surface area contributed by atoms with Gasteiger partial charge in [-0.05, 0) is 25.6 Å². The molecular weight excluding hydrogens is 276 g/mol. The van der Waals surface area contributed by atoms with Crippen LogP contribution in [0.3, 0.4) is 0 Å². The molecule has 1 aromatic heterocycles. The van der Waals surface area contributed by atoms with Gasteiger partial charge in [0.1, 0.15) is 5.15 Å². The first-order chi connectivity index (χ1) is 9.56. The topological polar surface area (TPSA) is 62.5 Å². The van der Waals surface area contributed by atoms with Gasteiger partial charge < -0.3 is 10.6 Å². The Bertz CT molecular complexity index is 490. The molecule has 1 aromatic rings. The first-order valence-corrected chi connectivity index (χ1v) is 7.39. The molecule has 1 amide bonds. The summed E-state index contributed by atoms with van der Waals surface area (Å²) in [5.74, 6) is -0.0792. The fraction of sp³-hybridized carbons (Fsp3) is 0.571. The van der Waals surface area contributed by atoms with Crippen LogP contribution in [0.4, 0.5) is 5.69 Å². The second kappa shape index (κ2) is 6.41. The summed E-state index contributed by atoms with van der Waals surface area (Å²) in [6.07, 6.45) is 2.46. The number of carbonyl (C=O) groups excluding carboxylic acids is 1. The van der Waals surface area contributed by atoms with Crippen LogP contribution < -0.4 is 5.73 Å². The maximum absolute atomic E-state index is 12.5. The quantitative estimate of drug-likeness (QED) is 0.862. The zero-order chi connectivity index (χ0) is 14.7. The molecule has 0 radical (unpaired) electrons. The number of rotatable bonds is 4. The number of aromatic nitrogens is 1. The monoisotopic (exact) mass is 296 g/mol. The lowest BCUT2D eigenvalue weighted by Crippen LogP contribution is -2.38. The van der Waals surface area contributed by atoms with Gasteiger partial charge >= 0.3 is 0 Å². The number of nitrogen functional groups attached to an aromatic ring is 1. The number of pyridine rings is 1. The number of carbonyl (C=O) groups is 1. The van der Waals surface area contributed by atoms with E-state index in [0.717, 1.165) is 32.6 Å². The van der Waals surface area contributed by atoms with E-state index >= 15 is 0 Å². The van der Waals surface area contributed by atoms with Crippen LogP contribution in [-0.4, -0.2) is 52.9 Å². The number of hydrogen-bond donors (Lipinski definition) is 1. The average molecular weight is 297 g/mol. The third kappa shape index (κ3) is 3.04. The number of halogens is 1. The van der Waals surface area contributed by atoms with Crippen LogP contribution >= 0.6 is 11.6 Å². The number of nitrogens with zero attached hydrogens (tertiary/aromatic N) is 3. The molecule has 1 aliphatic heterocycles. The van der Waals surface area contributed by atoms with Gasteiger partial charge in [0.05, 0.1) is 17.4 Å². The Morgan fingerprint density at radius 3 is 2.90 bits per heavy atom. The molecule has 0 aromatic carbocycles. The predicted molar refractivity (Wildman–Crippen MR) is 80.9 cm³/mol. The van der Waals surface area contributed by atoms with Crippen LogP contribution in [0.15, 0.2) is 12.3 Å². The number of hydrogen-bond acceptors (Lipinski definition) is 4. The van der Waals surface area contributed by atoms with Crippen LogP contribution in [0, 0.1) is 0 Å². The molecule has 0 spiro atoms. The van der Waals surface area contributed by atoms with Crippen LogP contribution in [-0.2, 0) is 0 Å². The molecule has 1 atom stereocenters. The molecule has 0 bridgehead atoms. The van der Waals surface area contributed by atoms with E-state index in [-0.39, 0.29) is 11.1 Å². The van der Waals surface area contributed by atoms with Crippen molar-refractivity contribution in [2.75, 3.05) is 31.9 Å². The first-order valence-electron chi connectivity index (χ1n) is 7.01. The molecule has 0 saturated carbocycles. The lowest BCUT2D eigenvalue weighted by molar-refractivity contribution is 0.0778. The fourth-order valence-corrected chi connectivity index (χ4v) is 2.93. The smallest absolute Gasteiger partial charge is 0.257 e. The predicted octanol–water partition coefficient (Wildman–Crippen LogP) is 1.87. The minimum atomic E-state index is -0.0792. The van der Waals surface area contributed by atoms with Crippen molar-refractivity contribution in [2.45, 2.75) is 26.3 Å². The van der Waals surface area contributed by atoms with Gasteiger partial charge in [-0.1, -0.05) is 25.4 Å². The molecule has 6 heteroatoms. The highest BCUT2D eigenvalue weighted by Gasteiger charge is 2.30. The Balaban J connectivity index is 2.10. The SMILES string of the molecule is CCN(CC)C1CCN(C(=O)c2cc(N)cnc2Cl)C1. The molecule has 0 aliphatic carbocycles. The Morgan fingerprint density at radius 1 is 1.55 bits per heavy atom. The van der Waals surface area contributed by atoms with Crippen LogP contribution in [0.25, 0.3) is 0 Å². The van der Waals surface area contributed by atoms with Crippen molar-refractivity contribution in [3.05, 3.63) is 23.0 Å². The van der Waals surface area contributed by atoms with Gasteiger partial charge in [0.15, 0.2) is 0 Å². The lowest BCUT2D eigenvalue weighted by atomic mass is 10.2. The highest BCUT2D eigenvalue weighted by Crippen LogP contribution is 2.22. The van der Waals surface area contributed by atoms with Gasteiger partial charge in [-0.25, -0.2) is 4.98 Å². The molecular formula is C14H21ClN4O. The summed E-state index contributed by atoms with van der Waals surface area (Å²) in [6, 6.07) is 2.03. The van der Waals surface area contributed by atoms with Crippen molar-refractivity contribution in [1.29, 1.82) is 0 Å². The van der Waals surface area contributed by atoms with E-state index in [0.29, 0.717) is 17.3 Å².